The van der Waals surface area contributed by atoms with Crippen molar-refractivity contribution in [1.29, 1.82) is 0 Å². The van der Waals surface area contributed by atoms with Gasteiger partial charge in [0.1, 0.15) is 17.7 Å². The molecule has 0 saturated carbocycles. The Kier molecular flexibility index (Phi) is 9.35. The molecule has 0 bridgehead atoms. The fourth-order valence-electron chi connectivity index (χ4n) is 2.90. The quantitative estimate of drug-likeness (QED) is 0.216. The molecule has 0 amide bonds. The van der Waals surface area contributed by atoms with Gasteiger partial charge < -0.3 is 15.5 Å². The number of rotatable bonds is 4. The van der Waals surface area contributed by atoms with Crippen molar-refractivity contribution >= 4 is 34.5 Å². The van der Waals surface area contributed by atoms with Crippen molar-refractivity contribution in [2.45, 2.75) is 19.3 Å². The van der Waals surface area contributed by atoms with Gasteiger partial charge in [-0.15, -0.1) is 0 Å². The van der Waals surface area contributed by atoms with Crippen LogP contribution in [0.3, 0.4) is 0 Å². The van der Waals surface area contributed by atoms with Gasteiger partial charge in [0, 0.05) is 35.2 Å². The number of aryl methyl sites for hydroxylation is 1. The first-order valence-electron chi connectivity index (χ1n) is 11.1. The molecule has 220 valence electrons. The number of nitrogens with zero attached hydrogens (tertiary/aromatic N) is 7. The molecule has 4 heterocycles. The molecule has 0 spiro atoms. The van der Waals surface area contributed by atoms with Crippen molar-refractivity contribution < 1.29 is 46.1 Å². The van der Waals surface area contributed by atoms with E-state index in [9.17, 15) is 26.3 Å². The maximum atomic E-state index is 10.6. The molecule has 0 aliphatic carbocycles. The first-order valence-corrected chi connectivity index (χ1v) is 11.1. The lowest BCUT2D eigenvalue weighted by Crippen LogP contribution is -2.21. The molecule has 0 unspecified atom stereocenters. The average molecular weight is 597 g/mol. The van der Waals surface area contributed by atoms with Crippen LogP contribution in [0.5, 0.6) is 0 Å². The lowest BCUT2D eigenvalue weighted by Gasteiger charge is -2.08. The van der Waals surface area contributed by atoms with Crippen LogP contribution in [-0.2, 0) is 9.59 Å². The topological polar surface area (TPSA) is 185 Å². The van der Waals surface area contributed by atoms with Crippen molar-refractivity contribution in [3.63, 3.8) is 0 Å². The maximum Gasteiger partial charge on any atom is 0.490 e. The van der Waals surface area contributed by atoms with Gasteiger partial charge in [0.05, 0.1) is 17.6 Å². The van der Waals surface area contributed by atoms with Crippen molar-refractivity contribution in [3.8, 4) is 16.9 Å². The average Bonchev–Trinajstić information content (AvgIpc) is 3.61. The molecule has 5 rings (SSSR count). The van der Waals surface area contributed by atoms with Crippen molar-refractivity contribution in [2.75, 3.05) is 5.32 Å². The number of carboxylic acids is 2. The summed E-state index contributed by atoms with van der Waals surface area (Å²) in [6.07, 6.45) is -1.44. The molecule has 0 radical (unpaired) electrons. The molecule has 0 saturated heterocycles. The molecule has 1 aromatic carbocycles. The number of alkyl halides is 6. The summed E-state index contributed by atoms with van der Waals surface area (Å²) in [5.74, 6) is -4.29. The maximum absolute atomic E-state index is 10.6. The van der Waals surface area contributed by atoms with E-state index in [1.807, 2.05) is 37.3 Å². The van der Waals surface area contributed by atoms with E-state index in [0.717, 1.165) is 39.4 Å². The van der Waals surface area contributed by atoms with Gasteiger partial charge in [-0.05, 0) is 37.3 Å². The number of aromatic amines is 1. The molecule has 0 aliphatic heterocycles. The highest BCUT2D eigenvalue weighted by molar-refractivity contribution is 5.91. The Bertz CT molecular complexity index is 1630. The van der Waals surface area contributed by atoms with E-state index in [1.54, 1.807) is 35.8 Å². The summed E-state index contributed by atoms with van der Waals surface area (Å²) < 4.78 is 65.2. The van der Waals surface area contributed by atoms with Crippen LogP contribution in [0.1, 0.15) is 5.82 Å². The van der Waals surface area contributed by atoms with Crippen LogP contribution in [0.2, 0.25) is 0 Å². The minimum atomic E-state index is -5.08. The van der Waals surface area contributed by atoms with Crippen molar-refractivity contribution in [2.24, 2.45) is 0 Å². The van der Waals surface area contributed by atoms with Gasteiger partial charge in [0.25, 0.3) is 0 Å². The standard InChI is InChI=1S/C19H15N9.2C2HF3O2/c1-12-22-11-28(27-12)16-4-2-15(3-5-16)25-19-21-8-13-6-7-20-17(18(13)26-19)14-9-23-24-10-14;2*3-2(4,5)1(6)7/h2-11H,1H3,(H,23,24)(H,21,25,26);2*(H,6,7). The highest BCUT2D eigenvalue weighted by Crippen LogP contribution is 2.25. The number of carbonyl (C=O) groups is 2. The molecule has 13 nitrogen and oxygen atoms in total. The summed E-state index contributed by atoms with van der Waals surface area (Å²) in [6, 6.07) is 9.68. The SMILES string of the molecule is Cc1ncn(-c2ccc(Nc3ncc4ccnc(-c5cn[nH]c5)c4n3)cc2)n1.O=C(O)C(F)(F)F.O=C(O)C(F)(F)F. The number of hydrogen-bond acceptors (Lipinski definition) is 9. The number of fused-ring (bicyclic) bond motifs is 1. The number of nitrogens with one attached hydrogen (secondary N) is 2. The van der Waals surface area contributed by atoms with E-state index in [0.29, 0.717) is 5.95 Å². The fourth-order valence-corrected chi connectivity index (χ4v) is 2.90. The Balaban J connectivity index is 0.000000289. The predicted molar refractivity (Wildman–Crippen MR) is 132 cm³/mol. The third kappa shape index (κ3) is 8.44. The van der Waals surface area contributed by atoms with Crippen LogP contribution in [0.4, 0.5) is 38.0 Å². The number of benzene rings is 1. The van der Waals surface area contributed by atoms with Gasteiger partial charge in [-0.1, -0.05) is 0 Å². The number of pyridine rings is 1. The predicted octanol–water partition coefficient (Wildman–Crippen LogP) is 4.31. The zero-order chi connectivity index (χ0) is 31.1. The van der Waals surface area contributed by atoms with E-state index in [-0.39, 0.29) is 0 Å². The lowest BCUT2D eigenvalue weighted by atomic mass is 10.1. The monoisotopic (exact) mass is 597 g/mol. The van der Waals surface area contributed by atoms with Crippen molar-refractivity contribution in [3.05, 3.63) is 67.3 Å². The van der Waals surface area contributed by atoms with Gasteiger partial charge in [-0.3, -0.25) is 10.1 Å². The van der Waals surface area contributed by atoms with Gasteiger partial charge >= 0.3 is 24.3 Å². The van der Waals surface area contributed by atoms with Crippen LogP contribution in [0.25, 0.3) is 27.8 Å². The summed E-state index contributed by atoms with van der Waals surface area (Å²) >= 11 is 0. The Morgan fingerprint density at radius 2 is 1.52 bits per heavy atom. The molecule has 42 heavy (non-hydrogen) atoms. The highest BCUT2D eigenvalue weighted by atomic mass is 19.4. The Morgan fingerprint density at radius 3 is 2.02 bits per heavy atom. The zero-order valence-electron chi connectivity index (χ0n) is 20.9. The first kappa shape index (κ1) is 30.9. The minimum absolute atomic E-state index is 0.495. The third-order valence-electron chi connectivity index (χ3n) is 4.75. The smallest absolute Gasteiger partial charge is 0.475 e. The molecule has 0 fully saturated rings. The van der Waals surface area contributed by atoms with Crippen LogP contribution < -0.4 is 5.32 Å². The molecule has 0 aliphatic rings. The van der Waals surface area contributed by atoms with E-state index in [1.165, 1.54) is 0 Å². The number of anilines is 2. The lowest BCUT2D eigenvalue weighted by molar-refractivity contribution is -0.193. The van der Waals surface area contributed by atoms with Crippen LogP contribution in [0.15, 0.2) is 61.4 Å². The van der Waals surface area contributed by atoms with Gasteiger partial charge in [0.15, 0.2) is 0 Å². The Morgan fingerprint density at radius 1 is 0.905 bits per heavy atom. The second-order valence-corrected chi connectivity index (χ2v) is 7.79. The van der Waals surface area contributed by atoms with Gasteiger partial charge in [-0.25, -0.2) is 29.2 Å². The summed E-state index contributed by atoms with van der Waals surface area (Å²) in [5.41, 5.74) is 4.19. The number of H-pyrrole nitrogens is 1. The zero-order valence-corrected chi connectivity index (χ0v) is 20.9. The fraction of sp³-hybridized carbons (Fsp3) is 0.130. The van der Waals surface area contributed by atoms with E-state index in [2.05, 4.69) is 40.5 Å². The minimum Gasteiger partial charge on any atom is -0.475 e. The van der Waals surface area contributed by atoms with Crippen LogP contribution >= 0.6 is 0 Å². The first-order chi connectivity index (χ1) is 19.6. The molecular formula is C23H17F6N9O4. The van der Waals surface area contributed by atoms with E-state index in [4.69, 9.17) is 19.8 Å². The summed E-state index contributed by atoms with van der Waals surface area (Å²) in [4.78, 5) is 35.5. The van der Waals surface area contributed by atoms with Gasteiger partial charge in [-0.2, -0.15) is 36.5 Å². The molecule has 4 aromatic heterocycles. The molecular weight excluding hydrogens is 580 g/mol. The molecule has 19 heteroatoms. The third-order valence-corrected chi connectivity index (χ3v) is 4.75. The Labute approximate surface area is 229 Å². The van der Waals surface area contributed by atoms with Gasteiger partial charge in [0.2, 0.25) is 5.95 Å². The van der Waals surface area contributed by atoms with Crippen LogP contribution in [-0.4, -0.2) is 74.4 Å². The number of aromatic nitrogens is 8. The van der Waals surface area contributed by atoms with E-state index >= 15 is 0 Å². The van der Waals surface area contributed by atoms with E-state index < -0.39 is 24.3 Å². The van der Waals surface area contributed by atoms with Crippen molar-refractivity contribution in [1.82, 2.24) is 39.9 Å². The molecule has 0 atom stereocenters. The molecule has 5 aromatic rings. The number of halogens is 6. The summed E-state index contributed by atoms with van der Waals surface area (Å²) in [6.45, 7) is 1.86. The highest BCUT2D eigenvalue weighted by Gasteiger charge is 2.38. The second-order valence-electron chi connectivity index (χ2n) is 7.79. The number of carboxylic acid groups (broad SMARTS) is 2. The molecule has 4 N–H and O–H groups in total. The van der Waals surface area contributed by atoms with Crippen LogP contribution in [0, 0.1) is 6.92 Å². The number of hydrogen-bond donors (Lipinski definition) is 4. The largest absolute Gasteiger partial charge is 0.490 e. The summed E-state index contributed by atoms with van der Waals surface area (Å²) in [7, 11) is 0. The normalized spacial score (nSPS) is 11.1. The Hall–Kier alpha value is -5.62. The number of aliphatic carboxylic acids is 2. The summed E-state index contributed by atoms with van der Waals surface area (Å²) in [5, 5.41) is 29.5. The second kappa shape index (κ2) is 12.7.